The molecule has 0 bridgehead atoms. The monoisotopic (exact) mass is 312 g/mol. The van der Waals surface area contributed by atoms with Crippen LogP contribution in [-0.4, -0.2) is 41.0 Å². The van der Waals surface area contributed by atoms with Gasteiger partial charge in [-0.25, -0.2) is 0 Å². The lowest BCUT2D eigenvalue weighted by atomic mass is 10.1. The van der Waals surface area contributed by atoms with Gasteiger partial charge in [-0.15, -0.1) is 0 Å². The number of hydrogen-bond donors (Lipinski definition) is 2. The van der Waals surface area contributed by atoms with Crippen LogP contribution in [0.15, 0.2) is 28.7 Å². The van der Waals surface area contributed by atoms with Crippen molar-refractivity contribution in [3.63, 3.8) is 0 Å². The molecule has 0 spiro atoms. The number of carbonyl (C=O) groups is 2. The molecule has 1 saturated heterocycles. The Balaban J connectivity index is 2.13. The maximum absolute atomic E-state index is 11.3. The third kappa shape index (κ3) is 3.08. The summed E-state index contributed by atoms with van der Waals surface area (Å²) in [5.74, 6) is -1.05. The van der Waals surface area contributed by atoms with E-state index in [1.54, 1.807) is 4.90 Å². The van der Waals surface area contributed by atoms with E-state index in [1.807, 2.05) is 24.3 Å². The topological polar surface area (TPSA) is 69.6 Å². The molecule has 1 amide bonds. The second-order valence-corrected chi connectivity index (χ2v) is 5.11. The molecule has 1 unspecified atom stereocenters. The number of hydrogen-bond acceptors (Lipinski definition) is 3. The number of nitrogens with one attached hydrogen (secondary N) is 1. The third-order valence-corrected chi connectivity index (χ3v) is 3.33. The van der Waals surface area contributed by atoms with Gasteiger partial charge in [-0.2, -0.15) is 0 Å². The highest BCUT2D eigenvalue weighted by Gasteiger charge is 2.31. The smallest absolute Gasteiger partial charge is 0.322 e. The summed E-state index contributed by atoms with van der Waals surface area (Å²) in [6.07, 6.45) is 0. The van der Waals surface area contributed by atoms with Crippen LogP contribution in [-0.2, 0) is 16.1 Å². The molecule has 2 N–H and O–H groups in total. The molecule has 96 valence electrons. The standard InChI is InChI=1S/C12H13BrN2O3/c13-9-3-1-2-8(4-9)6-15-7-11(16)14-5-10(15)12(17)18/h1-4,10H,5-7H2,(H,14,16)(H,17,18). The van der Waals surface area contributed by atoms with Crippen LogP contribution in [0.3, 0.4) is 0 Å². The third-order valence-electron chi connectivity index (χ3n) is 2.84. The van der Waals surface area contributed by atoms with E-state index in [0.717, 1.165) is 10.0 Å². The molecule has 1 atom stereocenters. The van der Waals surface area contributed by atoms with E-state index in [4.69, 9.17) is 5.11 Å². The number of aliphatic carboxylic acids is 1. The van der Waals surface area contributed by atoms with Crippen molar-refractivity contribution < 1.29 is 14.7 Å². The molecule has 1 aliphatic rings. The summed E-state index contributed by atoms with van der Waals surface area (Å²) in [6, 6.07) is 6.96. The number of nitrogens with zero attached hydrogens (tertiary/aromatic N) is 1. The van der Waals surface area contributed by atoms with Crippen LogP contribution in [0.4, 0.5) is 0 Å². The average Bonchev–Trinajstić information content (AvgIpc) is 2.28. The Hall–Kier alpha value is -1.40. The molecule has 0 aliphatic carbocycles. The van der Waals surface area contributed by atoms with Gasteiger partial charge in [-0.1, -0.05) is 28.1 Å². The van der Waals surface area contributed by atoms with Crippen LogP contribution in [0.1, 0.15) is 5.56 Å². The fraction of sp³-hybridized carbons (Fsp3) is 0.333. The van der Waals surface area contributed by atoms with Gasteiger partial charge < -0.3 is 10.4 Å². The first kappa shape index (κ1) is 13.0. The molecular formula is C12H13BrN2O3. The summed E-state index contributed by atoms with van der Waals surface area (Å²) in [5.41, 5.74) is 0.977. The highest BCUT2D eigenvalue weighted by molar-refractivity contribution is 9.10. The van der Waals surface area contributed by atoms with Crippen LogP contribution in [0.5, 0.6) is 0 Å². The molecule has 18 heavy (non-hydrogen) atoms. The van der Waals surface area contributed by atoms with Crippen molar-refractivity contribution in [2.24, 2.45) is 0 Å². The van der Waals surface area contributed by atoms with E-state index >= 15 is 0 Å². The Morgan fingerprint density at radius 2 is 2.33 bits per heavy atom. The van der Waals surface area contributed by atoms with Gasteiger partial charge in [0.15, 0.2) is 0 Å². The minimum atomic E-state index is -0.912. The minimum Gasteiger partial charge on any atom is -0.480 e. The van der Waals surface area contributed by atoms with Gasteiger partial charge in [0.25, 0.3) is 0 Å². The number of rotatable bonds is 3. The van der Waals surface area contributed by atoms with Gasteiger partial charge in [-0.05, 0) is 17.7 Å². The predicted octanol–water partition coefficient (Wildman–Crippen LogP) is 0.834. The first-order valence-corrected chi connectivity index (χ1v) is 6.33. The lowest BCUT2D eigenvalue weighted by molar-refractivity contribution is -0.146. The number of carboxylic acids is 1. The van der Waals surface area contributed by atoms with E-state index in [9.17, 15) is 9.59 Å². The van der Waals surface area contributed by atoms with Crippen molar-refractivity contribution in [1.29, 1.82) is 0 Å². The number of carboxylic acid groups (broad SMARTS) is 1. The number of piperazine rings is 1. The maximum Gasteiger partial charge on any atom is 0.322 e. The predicted molar refractivity (Wildman–Crippen MR) is 69.0 cm³/mol. The van der Waals surface area contributed by atoms with Crippen molar-refractivity contribution in [1.82, 2.24) is 10.2 Å². The number of halogens is 1. The van der Waals surface area contributed by atoms with Gasteiger partial charge in [0.05, 0.1) is 6.54 Å². The molecule has 0 radical (unpaired) electrons. The van der Waals surface area contributed by atoms with E-state index in [2.05, 4.69) is 21.2 Å². The van der Waals surface area contributed by atoms with Gasteiger partial charge in [-0.3, -0.25) is 14.5 Å². The quantitative estimate of drug-likeness (QED) is 0.867. The number of amides is 1. The highest BCUT2D eigenvalue weighted by Crippen LogP contribution is 2.15. The van der Waals surface area contributed by atoms with Crippen molar-refractivity contribution in [3.8, 4) is 0 Å². The zero-order chi connectivity index (χ0) is 13.1. The Morgan fingerprint density at radius 1 is 1.56 bits per heavy atom. The van der Waals surface area contributed by atoms with Crippen LogP contribution >= 0.6 is 15.9 Å². The summed E-state index contributed by atoms with van der Waals surface area (Å²) in [5, 5.41) is 11.7. The lowest BCUT2D eigenvalue weighted by Crippen LogP contribution is -2.56. The van der Waals surface area contributed by atoms with Crippen molar-refractivity contribution in [3.05, 3.63) is 34.3 Å². The van der Waals surface area contributed by atoms with Gasteiger partial charge in [0, 0.05) is 17.6 Å². The van der Waals surface area contributed by atoms with E-state index in [-0.39, 0.29) is 19.0 Å². The first-order valence-electron chi connectivity index (χ1n) is 5.54. The van der Waals surface area contributed by atoms with Crippen molar-refractivity contribution in [2.45, 2.75) is 12.6 Å². The SMILES string of the molecule is O=C1CN(Cc2cccc(Br)c2)C(C(=O)O)CN1. The zero-order valence-electron chi connectivity index (χ0n) is 9.60. The molecule has 1 aromatic carbocycles. The summed E-state index contributed by atoms with van der Waals surface area (Å²) < 4.78 is 0.938. The fourth-order valence-corrected chi connectivity index (χ4v) is 2.42. The molecule has 0 aromatic heterocycles. The molecule has 2 rings (SSSR count). The van der Waals surface area contributed by atoms with Crippen LogP contribution < -0.4 is 5.32 Å². The fourth-order valence-electron chi connectivity index (χ4n) is 1.97. The Labute approximate surface area is 113 Å². The first-order chi connectivity index (χ1) is 8.56. The van der Waals surface area contributed by atoms with E-state index in [1.165, 1.54) is 0 Å². The van der Waals surface area contributed by atoms with Crippen LogP contribution in [0.2, 0.25) is 0 Å². The van der Waals surface area contributed by atoms with Crippen molar-refractivity contribution >= 4 is 27.8 Å². The normalized spacial score (nSPS) is 20.5. The minimum absolute atomic E-state index is 0.115. The summed E-state index contributed by atoms with van der Waals surface area (Å²) in [7, 11) is 0. The molecule has 0 saturated carbocycles. The van der Waals surface area contributed by atoms with Gasteiger partial charge >= 0.3 is 5.97 Å². The molecule has 1 heterocycles. The molecule has 6 heteroatoms. The molecule has 1 aliphatic heterocycles. The second kappa shape index (κ2) is 5.49. The van der Waals surface area contributed by atoms with Gasteiger partial charge in [0.2, 0.25) is 5.91 Å². The Kier molecular flexibility index (Phi) is 3.98. The molecule has 5 nitrogen and oxygen atoms in total. The molecule has 1 fully saturated rings. The van der Waals surface area contributed by atoms with Gasteiger partial charge in [0.1, 0.15) is 6.04 Å². The van der Waals surface area contributed by atoms with Crippen molar-refractivity contribution in [2.75, 3.05) is 13.1 Å². The zero-order valence-corrected chi connectivity index (χ0v) is 11.2. The van der Waals surface area contributed by atoms with Crippen LogP contribution in [0.25, 0.3) is 0 Å². The summed E-state index contributed by atoms with van der Waals surface area (Å²) in [6.45, 7) is 0.718. The number of benzene rings is 1. The summed E-state index contributed by atoms with van der Waals surface area (Å²) in [4.78, 5) is 24.1. The largest absolute Gasteiger partial charge is 0.480 e. The van der Waals surface area contributed by atoms with E-state index < -0.39 is 12.0 Å². The van der Waals surface area contributed by atoms with E-state index in [0.29, 0.717) is 6.54 Å². The maximum atomic E-state index is 11.3. The second-order valence-electron chi connectivity index (χ2n) is 4.19. The Morgan fingerprint density at radius 3 is 3.00 bits per heavy atom. The highest BCUT2D eigenvalue weighted by atomic mass is 79.9. The Bertz CT molecular complexity index is 478. The average molecular weight is 313 g/mol. The number of carbonyl (C=O) groups excluding carboxylic acids is 1. The summed E-state index contributed by atoms with van der Waals surface area (Å²) >= 11 is 3.37. The molecule has 1 aromatic rings. The lowest BCUT2D eigenvalue weighted by Gasteiger charge is -2.32. The molecular weight excluding hydrogens is 300 g/mol. The van der Waals surface area contributed by atoms with Crippen LogP contribution in [0, 0.1) is 0 Å².